The number of amides is 1. The van der Waals surface area contributed by atoms with Crippen LogP contribution in [0.2, 0.25) is 0 Å². The molecule has 5 nitrogen and oxygen atoms in total. The SMILES string of the molecule is CCCOCC(=O)Nc1cc(C(=O)O)ccc1C. The monoisotopic (exact) mass is 251 g/mol. The molecule has 0 radical (unpaired) electrons. The van der Waals surface area contributed by atoms with E-state index in [1.165, 1.54) is 12.1 Å². The number of carboxylic acids is 1. The van der Waals surface area contributed by atoms with E-state index in [-0.39, 0.29) is 18.1 Å². The highest BCUT2D eigenvalue weighted by Gasteiger charge is 2.08. The van der Waals surface area contributed by atoms with Crippen LogP contribution in [0.3, 0.4) is 0 Å². The Morgan fingerprint density at radius 3 is 2.72 bits per heavy atom. The van der Waals surface area contributed by atoms with E-state index in [9.17, 15) is 9.59 Å². The molecule has 0 bridgehead atoms. The molecule has 2 N–H and O–H groups in total. The lowest BCUT2D eigenvalue weighted by Gasteiger charge is -2.09. The van der Waals surface area contributed by atoms with Gasteiger partial charge >= 0.3 is 5.97 Å². The summed E-state index contributed by atoms with van der Waals surface area (Å²) in [6, 6.07) is 4.60. The quantitative estimate of drug-likeness (QED) is 0.759. The molecule has 0 atom stereocenters. The molecule has 0 heterocycles. The van der Waals surface area contributed by atoms with Crippen LogP contribution < -0.4 is 5.32 Å². The average molecular weight is 251 g/mol. The molecule has 1 aromatic rings. The van der Waals surface area contributed by atoms with Crippen molar-refractivity contribution in [3.63, 3.8) is 0 Å². The Kier molecular flexibility index (Phi) is 5.32. The van der Waals surface area contributed by atoms with E-state index < -0.39 is 5.97 Å². The maximum absolute atomic E-state index is 11.5. The van der Waals surface area contributed by atoms with Gasteiger partial charge in [-0.2, -0.15) is 0 Å². The predicted octanol–water partition coefficient (Wildman–Crippen LogP) is 2.06. The zero-order valence-electron chi connectivity index (χ0n) is 10.5. The molecule has 5 heteroatoms. The van der Waals surface area contributed by atoms with E-state index in [1.54, 1.807) is 13.0 Å². The van der Waals surface area contributed by atoms with Crippen LogP contribution in [0.1, 0.15) is 29.3 Å². The number of ether oxygens (including phenoxy) is 1. The van der Waals surface area contributed by atoms with Gasteiger partial charge in [-0.3, -0.25) is 4.79 Å². The summed E-state index contributed by atoms with van der Waals surface area (Å²) in [4.78, 5) is 22.4. The van der Waals surface area contributed by atoms with Crippen molar-refractivity contribution in [3.8, 4) is 0 Å². The summed E-state index contributed by atoms with van der Waals surface area (Å²) in [5.41, 5.74) is 1.45. The summed E-state index contributed by atoms with van der Waals surface area (Å²) in [6.45, 7) is 4.26. The molecule has 0 aliphatic rings. The number of aryl methyl sites for hydroxylation is 1. The number of anilines is 1. The minimum absolute atomic E-state index is 0.0232. The van der Waals surface area contributed by atoms with Crippen molar-refractivity contribution in [2.45, 2.75) is 20.3 Å². The summed E-state index contributed by atoms with van der Waals surface area (Å²) in [7, 11) is 0. The minimum atomic E-state index is -1.02. The number of carboxylic acid groups (broad SMARTS) is 1. The van der Waals surface area contributed by atoms with Crippen molar-refractivity contribution in [2.24, 2.45) is 0 Å². The van der Waals surface area contributed by atoms with Gasteiger partial charge in [0.2, 0.25) is 5.91 Å². The van der Waals surface area contributed by atoms with Crippen LogP contribution in [0.15, 0.2) is 18.2 Å². The Bertz CT molecular complexity index is 443. The highest BCUT2D eigenvalue weighted by molar-refractivity contribution is 5.95. The first-order valence-electron chi connectivity index (χ1n) is 5.76. The maximum atomic E-state index is 11.5. The molecule has 98 valence electrons. The zero-order valence-corrected chi connectivity index (χ0v) is 10.5. The third-order valence-electron chi connectivity index (χ3n) is 2.34. The molecule has 1 amide bonds. The fourth-order valence-electron chi connectivity index (χ4n) is 1.39. The number of aromatic carboxylic acids is 1. The summed E-state index contributed by atoms with van der Waals surface area (Å²) in [6.07, 6.45) is 0.848. The van der Waals surface area contributed by atoms with Crippen molar-refractivity contribution in [2.75, 3.05) is 18.5 Å². The number of hydrogen-bond acceptors (Lipinski definition) is 3. The lowest BCUT2D eigenvalue weighted by molar-refractivity contribution is -0.120. The molecule has 1 rings (SSSR count). The minimum Gasteiger partial charge on any atom is -0.478 e. The Labute approximate surface area is 106 Å². The number of rotatable bonds is 6. The molecule has 18 heavy (non-hydrogen) atoms. The summed E-state index contributed by atoms with van der Waals surface area (Å²) < 4.78 is 5.11. The van der Waals surface area contributed by atoms with Crippen LogP contribution in [0.5, 0.6) is 0 Å². The first-order chi connectivity index (χ1) is 8.54. The van der Waals surface area contributed by atoms with E-state index >= 15 is 0 Å². The van der Waals surface area contributed by atoms with E-state index in [0.717, 1.165) is 12.0 Å². The Morgan fingerprint density at radius 2 is 2.11 bits per heavy atom. The van der Waals surface area contributed by atoms with Gasteiger partial charge in [0.05, 0.1) is 5.56 Å². The molecule has 0 fully saturated rings. The highest BCUT2D eigenvalue weighted by Crippen LogP contribution is 2.16. The lowest BCUT2D eigenvalue weighted by atomic mass is 10.1. The van der Waals surface area contributed by atoms with Crippen LogP contribution in [0.25, 0.3) is 0 Å². The lowest BCUT2D eigenvalue weighted by Crippen LogP contribution is -2.19. The van der Waals surface area contributed by atoms with Gasteiger partial charge in [-0.1, -0.05) is 13.0 Å². The number of hydrogen-bond donors (Lipinski definition) is 2. The van der Waals surface area contributed by atoms with E-state index in [1.807, 2.05) is 6.92 Å². The van der Waals surface area contributed by atoms with Crippen molar-refractivity contribution in [1.29, 1.82) is 0 Å². The van der Waals surface area contributed by atoms with Gasteiger partial charge in [-0.05, 0) is 31.0 Å². The molecule has 0 saturated heterocycles. The van der Waals surface area contributed by atoms with Gasteiger partial charge in [0.25, 0.3) is 0 Å². The largest absolute Gasteiger partial charge is 0.478 e. The van der Waals surface area contributed by atoms with Gasteiger partial charge < -0.3 is 15.2 Å². The van der Waals surface area contributed by atoms with Crippen LogP contribution in [-0.2, 0) is 9.53 Å². The number of carbonyl (C=O) groups is 2. The van der Waals surface area contributed by atoms with Gasteiger partial charge in [0, 0.05) is 12.3 Å². The molecule has 0 spiro atoms. The Hall–Kier alpha value is -1.88. The Balaban J connectivity index is 2.68. The molecule has 0 aliphatic heterocycles. The first-order valence-corrected chi connectivity index (χ1v) is 5.76. The second-order valence-electron chi connectivity index (χ2n) is 3.94. The van der Waals surface area contributed by atoms with E-state index in [4.69, 9.17) is 9.84 Å². The molecule has 0 unspecified atom stereocenters. The van der Waals surface area contributed by atoms with Crippen LogP contribution in [-0.4, -0.2) is 30.2 Å². The van der Waals surface area contributed by atoms with Gasteiger partial charge in [0.15, 0.2) is 0 Å². The summed E-state index contributed by atoms with van der Waals surface area (Å²) in [5.74, 6) is -1.30. The number of carbonyl (C=O) groups excluding carboxylic acids is 1. The standard InChI is InChI=1S/C13H17NO4/c1-3-6-18-8-12(15)14-11-7-10(13(16)17)5-4-9(11)2/h4-5,7H,3,6,8H2,1-2H3,(H,14,15)(H,16,17). The molecule has 0 saturated carbocycles. The smallest absolute Gasteiger partial charge is 0.335 e. The summed E-state index contributed by atoms with van der Waals surface area (Å²) in [5, 5.41) is 11.5. The normalized spacial score (nSPS) is 10.1. The fraction of sp³-hybridized carbons (Fsp3) is 0.385. The number of nitrogens with one attached hydrogen (secondary N) is 1. The van der Waals surface area contributed by atoms with Gasteiger partial charge in [0.1, 0.15) is 6.61 Å². The van der Waals surface area contributed by atoms with E-state index in [2.05, 4.69) is 5.32 Å². The average Bonchev–Trinajstić information content (AvgIpc) is 2.32. The molecule has 0 aromatic heterocycles. The maximum Gasteiger partial charge on any atom is 0.335 e. The molecular formula is C13H17NO4. The predicted molar refractivity (Wildman–Crippen MR) is 67.9 cm³/mol. The number of benzene rings is 1. The molecular weight excluding hydrogens is 234 g/mol. The summed E-state index contributed by atoms with van der Waals surface area (Å²) >= 11 is 0. The highest BCUT2D eigenvalue weighted by atomic mass is 16.5. The van der Waals surface area contributed by atoms with Crippen molar-refractivity contribution in [3.05, 3.63) is 29.3 Å². The second-order valence-corrected chi connectivity index (χ2v) is 3.94. The van der Waals surface area contributed by atoms with Gasteiger partial charge in [-0.15, -0.1) is 0 Å². The first kappa shape index (κ1) is 14.2. The second kappa shape index (κ2) is 6.76. The third-order valence-corrected chi connectivity index (χ3v) is 2.34. The zero-order chi connectivity index (χ0) is 13.5. The fourth-order valence-corrected chi connectivity index (χ4v) is 1.39. The topological polar surface area (TPSA) is 75.6 Å². The van der Waals surface area contributed by atoms with E-state index in [0.29, 0.717) is 12.3 Å². The van der Waals surface area contributed by atoms with Crippen molar-refractivity contribution >= 4 is 17.6 Å². The Morgan fingerprint density at radius 1 is 1.39 bits per heavy atom. The van der Waals surface area contributed by atoms with Crippen molar-refractivity contribution < 1.29 is 19.4 Å². The van der Waals surface area contributed by atoms with Crippen LogP contribution in [0.4, 0.5) is 5.69 Å². The van der Waals surface area contributed by atoms with Gasteiger partial charge in [-0.25, -0.2) is 4.79 Å². The molecule has 1 aromatic carbocycles. The third kappa shape index (κ3) is 4.18. The molecule has 0 aliphatic carbocycles. The van der Waals surface area contributed by atoms with Crippen molar-refractivity contribution in [1.82, 2.24) is 0 Å². The van der Waals surface area contributed by atoms with Crippen LogP contribution in [0, 0.1) is 6.92 Å². The van der Waals surface area contributed by atoms with Crippen LogP contribution >= 0.6 is 0 Å².